The first-order valence-electron chi connectivity index (χ1n) is 21.9. The number of carbonyl (C=O) groups excluding carboxylic acids is 2. The normalized spacial score (nSPS) is 13.9. The molecule has 0 aliphatic heterocycles. The lowest BCUT2D eigenvalue weighted by Gasteiger charge is -2.24. The maximum Gasteiger partial charge on any atom is 0.306 e. The third-order valence-electron chi connectivity index (χ3n) is 9.62. The van der Waals surface area contributed by atoms with Crippen molar-refractivity contribution < 1.29 is 24.5 Å². The lowest BCUT2D eigenvalue weighted by Crippen LogP contribution is -2.46. The highest BCUT2D eigenvalue weighted by atomic mass is 16.5. The van der Waals surface area contributed by atoms with Gasteiger partial charge in [0.25, 0.3) is 0 Å². The van der Waals surface area contributed by atoms with Gasteiger partial charge in [0.15, 0.2) is 0 Å². The molecule has 0 bridgehead atoms. The van der Waals surface area contributed by atoms with Gasteiger partial charge in [-0.2, -0.15) is 0 Å². The van der Waals surface area contributed by atoms with Gasteiger partial charge in [-0.05, 0) is 77.0 Å². The van der Waals surface area contributed by atoms with Crippen LogP contribution < -0.4 is 5.32 Å². The van der Waals surface area contributed by atoms with E-state index in [1.807, 2.05) is 0 Å². The number of unbranched alkanes of at least 4 members (excludes halogenated alkanes) is 18. The molecule has 0 aromatic heterocycles. The first-order chi connectivity index (χ1) is 25.5. The summed E-state index contributed by atoms with van der Waals surface area (Å²) in [5.74, 6) is -0.528. The number of allylic oxidation sites excluding steroid dienone is 8. The van der Waals surface area contributed by atoms with Crippen LogP contribution in [0.3, 0.4) is 0 Å². The zero-order chi connectivity index (χ0) is 38.2. The summed E-state index contributed by atoms with van der Waals surface area (Å²) in [7, 11) is 0. The van der Waals surface area contributed by atoms with Gasteiger partial charge in [-0.1, -0.05) is 166 Å². The van der Waals surface area contributed by atoms with Gasteiger partial charge < -0.3 is 20.3 Å². The van der Waals surface area contributed by atoms with Crippen LogP contribution in [0.15, 0.2) is 48.6 Å². The molecule has 302 valence electrons. The molecule has 0 heterocycles. The molecule has 0 fully saturated rings. The highest BCUT2D eigenvalue weighted by Gasteiger charge is 2.24. The molecule has 0 rings (SSSR count). The Bertz CT molecular complexity index is 910. The van der Waals surface area contributed by atoms with Gasteiger partial charge in [0.1, 0.15) is 6.10 Å². The van der Waals surface area contributed by atoms with Crippen molar-refractivity contribution in [3.63, 3.8) is 0 Å². The van der Waals surface area contributed by atoms with Crippen LogP contribution in [0.4, 0.5) is 0 Å². The monoisotopic (exact) mass is 730 g/mol. The summed E-state index contributed by atoms with van der Waals surface area (Å²) in [6.45, 7) is 6.26. The zero-order valence-corrected chi connectivity index (χ0v) is 34.2. The lowest BCUT2D eigenvalue weighted by atomic mass is 10.0. The number of rotatable bonds is 38. The maximum absolute atomic E-state index is 13.1. The highest BCUT2D eigenvalue weighted by Crippen LogP contribution is 2.16. The molecular weight excluding hydrogens is 647 g/mol. The van der Waals surface area contributed by atoms with Crippen LogP contribution in [0.2, 0.25) is 0 Å². The SMILES string of the molecule is CC/C=C/C/C=C/C/C=C/CCCCC(CC(=O)NC(CO)C(O)CCCCCCCCCCCCC)OC(=O)CCCCCCC/C=C\CCC. The van der Waals surface area contributed by atoms with E-state index in [-0.39, 0.29) is 24.9 Å². The number of amides is 1. The second-order valence-corrected chi connectivity index (χ2v) is 14.7. The number of nitrogens with one attached hydrogen (secondary N) is 1. The largest absolute Gasteiger partial charge is 0.462 e. The van der Waals surface area contributed by atoms with E-state index >= 15 is 0 Å². The molecule has 0 aliphatic carbocycles. The minimum absolute atomic E-state index is 0.0477. The summed E-state index contributed by atoms with van der Waals surface area (Å²) in [6, 6.07) is -0.712. The number of ether oxygens (including phenoxy) is 1. The molecule has 0 saturated carbocycles. The number of hydrogen-bond acceptors (Lipinski definition) is 5. The number of esters is 1. The van der Waals surface area contributed by atoms with Crippen molar-refractivity contribution in [3.05, 3.63) is 48.6 Å². The number of aliphatic hydroxyl groups excluding tert-OH is 2. The predicted octanol–water partition coefficient (Wildman–Crippen LogP) is 12.3. The smallest absolute Gasteiger partial charge is 0.306 e. The Labute approximate surface area is 321 Å². The van der Waals surface area contributed by atoms with Gasteiger partial charge >= 0.3 is 5.97 Å². The molecule has 0 aliphatic rings. The summed E-state index contributed by atoms with van der Waals surface area (Å²) in [5.41, 5.74) is 0. The summed E-state index contributed by atoms with van der Waals surface area (Å²) >= 11 is 0. The van der Waals surface area contributed by atoms with Crippen LogP contribution in [0, 0.1) is 0 Å². The summed E-state index contributed by atoms with van der Waals surface area (Å²) in [5, 5.41) is 23.6. The van der Waals surface area contributed by atoms with E-state index in [0.29, 0.717) is 19.3 Å². The van der Waals surface area contributed by atoms with Crippen LogP contribution in [-0.2, 0) is 14.3 Å². The zero-order valence-electron chi connectivity index (χ0n) is 34.2. The first-order valence-corrected chi connectivity index (χ1v) is 21.9. The Hall–Kier alpha value is -2.18. The number of aliphatic hydroxyl groups is 2. The Morgan fingerprint density at radius 2 is 1.08 bits per heavy atom. The second-order valence-electron chi connectivity index (χ2n) is 14.7. The molecule has 6 heteroatoms. The molecule has 0 radical (unpaired) electrons. The van der Waals surface area contributed by atoms with E-state index in [4.69, 9.17) is 4.74 Å². The van der Waals surface area contributed by atoms with Gasteiger partial charge in [0, 0.05) is 6.42 Å². The molecule has 0 aromatic carbocycles. The van der Waals surface area contributed by atoms with Crippen molar-refractivity contribution in [1.82, 2.24) is 5.32 Å². The van der Waals surface area contributed by atoms with E-state index in [9.17, 15) is 19.8 Å². The van der Waals surface area contributed by atoms with Crippen LogP contribution >= 0.6 is 0 Å². The fourth-order valence-corrected chi connectivity index (χ4v) is 6.33. The van der Waals surface area contributed by atoms with Crippen molar-refractivity contribution in [2.75, 3.05) is 6.61 Å². The van der Waals surface area contributed by atoms with Gasteiger partial charge in [0.2, 0.25) is 5.91 Å². The Morgan fingerprint density at radius 3 is 1.69 bits per heavy atom. The molecule has 0 saturated heterocycles. The van der Waals surface area contributed by atoms with Gasteiger partial charge in [0.05, 0.1) is 25.2 Å². The Balaban J connectivity index is 4.67. The molecule has 6 nitrogen and oxygen atoms in total. The highest BCUT2D eigenvalue weighted by molar-refractivity contribution is 5.77. The molecule has 3 unspecified atom stereocenters. The third-order valence-corrected chi connectivity index (χ3v) is 9.62. The predicted molar refractivity (Wildman–Crippen MR) is 222 cm³/mol. The molecule has 0 aromatic rings. The van der Waals surface area contributed by atoms with Gasteiger partial charge in [-0.3, -0.25) is 9.59 Å². The van der Waals surface area contributed by atoms with E-state index in [2.05, 4.69) is 74.7 Å². The Morgan fingerprint density at radius 1 is 0.577 bits per heavy atom. The summed E-state index contributed by atoms with van der Waals surface area (Å²) in [6.07, 6.45) is 46.0. The fourth-order valence-electron chi connectivity index (χ4n) is 6.33. The van der Waals surface area contributed by atoms with Crippen LogP contribution in [0.5, 0.6) is 0 Å². The van der Waals surface area contributed by atoms with Gasteiger partial charge in [-0.25, -0.2) is 0 Å². The van der Waals surface area contributed by atoms with Crippen LogP contribution in [-0.4, -0.2) is 46.9 Å². The van der Waals surface area contributed by atoms with Crippen molar-refractivity contribution in [3.8, 4) is 0 Å². The van der Waals surface area contributed by atoms with Gasteiger partial charge in [-0.15, -0.1) is 0 Å². The van der Waals surface area contributed by atoms with E-state index in [1.165, 1.54) is 70.6 Å². The molecular formula is C46H83NO5. The lowest BCUT2D eigenvalue weighted by molar-refractivity contribution is -0.151. The van der Waals surface area contributed by atoms with E-state index in [0.717, 1.165) is 89.9 Å². The van der Waals surface area contributed by atoms with Crippen LogP contribution in [0.1, 0.15) is 207 Å². The van der Waals surface area contributed by atoms with E-state index < -0.39 is 18.2 Å². The van der Waals surface area contributed by atoms with E-state index in [1.54, 1.807) is 0 Å². The van der Waals surface area contributed by atoms with Crippen molar-refractivity contribution >= 4 is 11.9 Å². The Kier molecular flexibility index (Phi) is 38.3. The van der Waals surface area contributed by atoms with Crippen molar-refractivity contribution in [1.29, 1.82) is 0 Å². The maximum atomic E-state index is 13.1. The summed E-state index contributed by atoms with van der Waals surface area (Å²) < 4.78 is 5.86. The quantitative estimate of drug-likeness (QED) is 0.0334. The molecule has 0 spiro atoms. The van der Waals surface area contributed by atoms with Crippen molar-refractivity contribution in [2.24, 2.45) is 0 Å². The summed E-state index contributed by atoms with van der Waals surface area (Å²) in [4.78, 5) is 25.9. The topological polar surface area (TPSA) is 95.9 Å². The molecule has 3 N–H and O–H groups in total. The second kappa shape index (κ2) is 40.0. The third kappa shape index (κ3) is 34.9. The average molecular weight is 730 g/mol. The standard InChI is InChI=1S/C46H83NO5/c1-4-7-10-13-16-19-22-24-25-28-31-34-37-42(52-46(51)39-36-33-30-27-21-18-15-12-9-6-3)40-45(50)47-43(41-48)44(49)38-35-32-29-26-23-20-17-14-11-8-5-2/h7,10,12,15-16,19,24-25,42-44,48-49H,4-6,8-9,11,13-14,17-18,20-23,26-41H2,1-3H3,(H,47,50)/b10-7+,15-12-,19-16+,25-24+. The first kappa shape index (κ1) is 49.8. The molecule has 3 atom stereocenters. The fraction of sp³-hybridized carbons (Fsp3) is 0.783. The van der Waals surface area contributed by atoms with Crippen LogP contribution in [0.25, 0.3) is 0 Å². The minimum Gasteiger partial charge on any atom is -0.462 e. The number of carbonyl (C=O) groups is 2. The number of hydrogen-bond donors (Lipinski definition) is 3. The molecule has 1 amide bonds. The molecule has 52 heavy (non-hydrogen) atoms. The van der Waals surface area contributed by atoms with Crippen molar-refractivity contribution in [2.45, 2.75) is 225 Å². The minimum atomic E-state index is -0.796. The average Bonchev–Trinajstić information content (AvgIpc) is 3.13.